The average molecular weight is 313 g/mol. The molecule has 122 valence electrons. The highest BCUT2D eigenvalue weighted by molar-refractivity contribution is 5.93. The van der Waals surface area contributed by atoms with Gasteiger partial charge in [-0.2, -0.15) is 5.10 Å². The zero-order valence-corrected chi connectivity index (χ0v) is 13.4. The topological polar surface area (TPSA) is 85.8 Å². The van der Waals surface area contributed by atoms with Gasteiger partial charge in [0, 0.05) is 24.1 Å². The molecular weight excluding hydrogens is 290 g/mol. The van der Waals surface area contributed by atoms with Crippen molar-refractivity contribution >= 4 is 11.6 Å². The van der Waals surface area contributed by atoms with E-state index in [1.165, 1.54) is 0 Å². The van der Waals surface area contributed by atoms with E-state index < -0.39 is 5.54 Å². The Hall–Kier alpha value is -2.21. The highest BCUT2D eigenvalue weighted by Gasteiger charge is 2.37. The fourth-order valence-corrected chi connectivity index (χ4v) is 3.21. The summed E-state index contributed by atoms with van der Waals surface area (Å²) in [6, 6.07) is 3.89. The van der Waals surface area contributed by atoms with Crippen LogP contribution in [0.1, 0.15) is 38.2 Å². The second-order valence-corrected chi connectivity index (χ2v) is 6.58. The molecule has 6 heteroatoms. The number of nitrogens with zero attached hydrogens (tertiary/aromatic N) is 3. The van der Waals surface area contributed by atoms with Crippen molar-refractivity contribution in [3.8, 4) is 0 Å². The molecule has 23 heavy (non-hydrogen) atoms. The summed E-state index contributed by atoms with van der Waals surface area (Å²) in [6.07, 6.45) is 10.9. The molecular formula is C17H23N5O. The first-order valence-corrected chi connectivity index (χ1v) is 8.06. The smallest absolute Gasteiger partial charge is 0.229 e. The Morgan fingerprint density at radius 1 is 1.43 bits per heavy atom. The Morgan fingerprint density at radius 3 is 2.96 bits per heavy atom. The summed E-state index contributed by atoms with van der Waals surface area (Å²) in [5.74, 6) is -0.141. The number of aromatic nitrogens is 3. The average Bonchev–Trinajstić information content (AvgIpc) is 2.94. The zero-order valence-electron chi connectivity index (χ0n) is 13.4. The SMILES string of the molecule is CC1(N)CCCCC1C(=O)Nc1cnn(Cc2ccncc2)c1. The van der Waals surface area contributed by atoms with Crippen molar-refractivity contribution in [1.82, 2.24) is 14.8 Å². The van der Waals surface area contributed by atoms with Crippen LogP contribution in [0, 0.1) is 5.92 Å². The molecule has 0 bridgehead atoms. The van der Waals surface area contributed by atoms with Crippen LogP contribution in [0.25, 0.3) is 0 Å². The lowest BCUT2D eigenvalue weighted by molar-refractivity contribution is -0.122. The Labute approximate surface area is 136 Å². The summed E-state index contributed by atoms with van der Waals surface area (Å²) >= 11 is 0. The maximum Gasteiger partial charge on any atom is 0.229 e. The molecule has 3 N–H and O–H groups in total. The van der Waals surface area contributed by atoms with Crippen molar-refractivity contribution in [1.29, 1.82) is 0 Å². The van der Waals surface area contributed by atoms with E-state index in [1.54, 1.807) is 23.3 Å². The summed E-state index contributed by atoms with van der Waals surface area (Å²) in [5, 5.41) is 7.26. The van der Waals surface area contributed by atoms with E-state index in [9.17, 15) is 4.79 Å². The zero-order chi connectivity index (χ0) is 16.3. The van der Waals surface area contributed by atoms with Gasteiger partial charge in [0.15, 0.2) is 0 Å². The maximum atomic E-state index is 12.5. The molecule has 0 aromatic carbocycles. The van der Waals surface area contributed by atoms with Gasteiger partial charge in [0.2, 0.25) is 5.91 Å². The third-order valence-corrected chi connectivity index (χ3v) is 4.57. The van der Waals surface area contributed by atoms with Crippen LogP contribution in [0.4, 0.5) is 5.69 Å². The van der Waals surface area contributed by atoms with Crippen LogP contribution in [0.15, 0.2) is 36.9 Å². The van der Waals surface area contributed by atoms with Gasteiger partial charge in [-0.05, 0) is 37.5 Å². The standard InChI is InChI=1S/C17H23N5O/c1-17(18)7-3-2-4-15(17)16(23)21-14-10-20-22(12-14)11-13-5-8-19-9-6-13/h5-6,8-10,12,15H,2-4,7,11,18H2,1H3,(H,21,23). The van der Waals surface area contributed by atoms with Crippen LogP contribution >= 0.6 is 0 Å². The number of carbonyl (C=O) groups is 1. The number of pyridine rings is 1. The first-order chi connectivity index (χ1) is 11.0. The van der Waals surface area contributed by atoms with E-state index in [1.807, 2.05) is 25.3 Å². The van der Waals surface area contributed by atoms with Gasteiger partial charge in [-0.25, -0.2) is 0 Å². The molecule has 1 amide bonds. The largest absolute Gasteiger partial charge is 0.325 e. The predicted molar refractivity (Wildman–Crippen MR) is 88.7 cm³/mol. The highest BCUT2D eigenvalue weighted by atomic mass is 16.2. The van der Waals surface area contributed by atoms with Crippen LogP contribution in [-0.2, 0) is 11.3 Å². The van der Waals surface area contributed by atoms with Gasteiger partial charge in [-0.3, -0.25) is 14.5 Å². The number of amides is 1. The van der Waals surface area contributed by atoms with Crippen molar-refractivity contribution in [2.75, 3.05) is 5.32 Å². The van der Waals surface area contributed by atoms with Gasteiger partial charge >= 0.3 is 0 Å². The number of rotatable bonds is 4. The van der Waals surface area contributed by atoms with Crippen LogP contribution in [0.5, 0.6) is 0 Å². The molecule has 2 aromatic heterocycles. The van der Waals surface area contributed by atoms with Crippen molar-refractivity contribution in [3.05, 3.63) is 42.5 Å². The van der Waals surface area contributed by atoms with Crippen molar-refractivity contribution in [3.63, 3.8) is 0 Å². The lowest BCUT2D eigenvalue weighted by Gasteiger charge is -2.37. The Morgan fingerprint density at radius 2 is 2.22 bits per heavy atom. The molecule has 6 nitrogen and oxygen atoms in total. The summed E-state index contributed by atoms with van der Waals surface area (Å²) < 4.78 is 1.80. The number of nitrogens with one attached hydrogen (secondary N) is 1. The van der Waals surface area contributed by atoms with Gasteiger partial charge < -0.3 is 11.1 Å². The minimum absolute atomic E-state index is 0.00170. The summed E-state index contributed by atoms with van der Waals surface area (Å²) in [5.41, 5.74) is 7.70. The molecule has 0 saturated heterocycles. The molecule has 0 radical (unpaired) electrons. The quantitative estimate of drug-likeness (QED) is 0.906. The monoisotopic (exact) mass is 313 g/mol. The third kappa shape index (κ3) is 3.76. The van der Waals surface area contributed by atoms with E-state index >= 15 is 0 Å². The predicted octanol–water partition coefficient (Wildman–Crippen LogP) is 2.17. The molecule has 2 atom stereocenters. The first kappa shape index (κ1) is 15.7. The van der Waals surface area contributed by atoms with Crippen LogP contribution in [0.3, 0.4) is 0 Å². The number of hydrogen-bond donors (Lipinski definition) is 2. The highest BCUT2D eigenvalue weighted by Crippen LogP contribution is 2.32. The molecule has 2 aromatic rings. The minimum atomic E-state index is -0.421. The second kappa shape index (κ2) is 6.50. The molecule has 1 aliphatic carbocycles. The Kier molecular flexibility index (Phi) is 4.43. The van der Waals surface area contributed by atoms with E-state index in [-0.39, 0.29) is 11.8 Å². The van der Waals surface area contributed by atoms with Crippen LogP contribution < -0.4 is 11.1 Å². The number of nitrogens with two attached hydrogens (primary N) is 1. The molecule has 1 fully saturated rings. The van der Waals surface area contributed by atoms with E-state index in [0.717, 1.165) is 31.2 Å². The van der Waals surface area contributed by atoms with Crippen molar-refractivity contribution < 1.29 is 4.79 Å². The van der Waals surface area contributed by atoms with Gasteiger partial charge in [-0.1, -0.05) is 12.8 Å². The summed E-state index contributed by atoms with van der Waals surface area (Å²) in [4.78, 5) is 16.5. The molecule has 3 rings (SSSR count). The third-order valence-electron chi connectivity index (χ3n) is 4.57. The number of hydrogen-bond acceptors (Lipinski definition) is 4. The Balaban J connectivity index is 1.63. The molecule has 2 unspecified atom stereocenters. The Bertz CT molecular complexity index is 665. The first-order valence-electron chi connectivity index (χ1n) is 8.06. The van der Waals surface area contributed by atoms with E-state index in [0.29, 0.717) is 12.2 Å². The van der Waals surface area contributed by atoms with Crippen molar-refractivity contribution in [2.45, 2.75) is 44.7 Å². The lowest BCUT2D eigenvalue weighted by Crippen LogP contribution is -2.51. The number of carbonyl (C=O) groups excluding carboxylic acids is 1. The molecule has 2 heterocycles. The maximum absolute atomic E-state index is 12.5. The molecule has 1 aliphatic rings. The molecule has 0 aliphatic heterocycles. The normalized spacial score (nSPS) is 24.3. The lowest BCUT2D eigenvalue weighted by atomic mass is 9.74. The fraction of sp³-hybridized carbons (Fsp3) is 0.471. The summed E-state index contributed by atoms with van der Waals surface area (Å²) in [7, 11) is 0. The van der Waals surface area contributed by atoms with Gasteiger partial charge in [0.1, 0.15) is 0 Å². The number of anilines is 1. The summed E-state index contributed by atoms with van der Waals surface area (Å²) in [6.45, 7) is 2.62. The van der Waals surface area contributed by atoms with Crippen LogP contribution in [-0.4, -0.2) is 26.2 Å². The van der Waals surface area contributed by atoms with Gasteiger partial charge in [-0.15, -0.1) is 0 Å². The van der Waals surface area contributed by atoms with Crippen molar-refractivity contribution in [2.24, 2.45) is 11.7 Å². The molecule has 1 saturated carbocycles. The molecule has 0 spiro atoms. The van der Waals surface area contributed by atoms with Gasteiger partial charge in [0.05, 0.1) is 24.3 Å². The van der Waals surface area contributed by atoms with E-state index in [4.69, 9.17) is 5.73 Å². The van der Waals surface area contributed by atoms with Crippen LogP contribution in [0.2, 0.25) is 0 Å². The van der Waals surface area contributed by atoms with E-state index in [2.05, 4.69) is 15.4 Å². The minimum Gasteiger partial charge on any atom is -0.325 e. The van der Waals surface area contributed by atoms with Gasteiger partial charge in [0.25, 0.3) is 0 Å². The fourth-order valence-electron chi connectivity index (χ4n) is 3.21. The second-order valence-electron chi connectivity index (χ2n) is 6.58.